The Hall–Kier alpha value is -1.85. The SMILES string of the molecule is CCCNc1nc(NCC2CC2)c2cn[nH]c2n1. The van der Waals surface area contributed by atoms with Crippen molar-refractivity contribution in [3.63, 3.8) is 0 Å². The Balaban J connectivity index is 1.84. The van der Waals surface area contributed by atoms with Gasteiger partial charge in [-0.2, -0.15) is 15.1 Å². The van der Waals surface area contributed by atoms with E-state index in [0.717, 1.165) is 42.3 Å². The third-order valence-corrected chi connectivity index (χ3v) is 3.10. The first-order chi connectivity index (χ1) is 8.86. The second kappa shape index (κ2) is 4.80. The molecule has 1 aliphatic carbocycles. The van der Waals surface area contributed by atoms with E-state index in [1.165, 1.54) is 12.8 Å². The zero-order chi connectivity index (χ0) is 12.4. The molecular weight excluding hydrogens is 228 g/mol. The van der Waals surface area contributed by atoms with E-state index < -0.39 is 0 Å². The minimum Gasteiger partial charge on any atom is -0.369 e. The lowest BCUT2D eigenvalue weighted by Crippen LogP contribution is -2.09. The molecule has 0 aliphatic heterocycles. The molecule has 96 valence electrons. The number of nitrogens with one attached hydrogen (secondary N) is 3. The number of aromatic amines is 1. The highest BCUT2D eigenvalue weighted by atomic mass is 15.2. The Bertz CT molecular complexity index is 530. The molecule has 6 heteroatoms. The lowest BCUT2D eigenvalue weighted by Gasteiger charge is -2.08. The number of anilines is 2. The van der Waals surface area contributed by atoms with Gasteiger partial charge >= 0.3 is 0 Å². The maximum absolute atomic E-state index is 4.52. The molecule has 2 heterocycles. The summed E-state index contributed by atoms with van der Waals surface area (Å²) >= 11 is 0. The quantitative estimate of drug-likeness (QED) is 0.726. The summed E-state index contributed by atoms with van der Waals surface area (Å²) in [5, 5.41) is 14.5. The van der Waals surface area contributed by atoms with Crippen LogP contribution in [0, 0.1) is 5.92 Å². The van der Waals surface area contributed by atoms with Crippen LogP contribution in [0.2, 0.25) is 0 Å². The predicted octanol–water partition coefficient (Wildman–Crippen LogP) is 2.00. The largest absolute Gasteiger partial charge is 0.369 e. The smallest absolute Gasteiger partial charge is 0.226 e. The molecule has 18 heavy (non-hydrogen) atoms. The van der Waals surface area contributed by atoms with Crippen molar-refractivity contribution in [2.24, 2.45) is 5.92 Å². The molecule has 1 aliphatic rings. The van der Waals surface area contributed by atoms with Crippen molar-refractivity contribution in [1.29, 1.82) is 0 Å². The number of hydrogen-bond acceptors (Lipinski definition) is 5. The molecule has 0 spiro atoms. The van der Waals surface area contributed by atoms with Gasteiger partial charge in [0.2, 0.25) is 5.95 Å². The topological polar surface area (TPSA) is 78.5 Å². The normalized spacial score (nSPS) is 14.9. The van der Waals surface area contributed by atoms with Gasteiger partial charge in [0.05, 0.1) is 11.6 Å². The van der Waals surface area contributed by atoms with Gasteiger partial charge in [-0.15, -0.1) is 0 Å². The lowest BCUT2D eigenvalue weighted by atomic mass is 10.3. The van der Waals surface area contributed by atoms with Gasteiger partial charge in [0.25, 0.3) is 0 Å². The van der Waals surface area contributed by atoms with E-state index in [1.807, 2.05) is 0 Å². The lowest BCUT2D eigenvalue weighted by molar-refractivity contribution is 0.882. The third kappa shape index (κ3) is 2.37. The van der Waals surface area contributed by atoms with Gasteiger partial charge in [-0.3, -0.25) is 5.10 Å². The summed E-state index contributed by atoms with van der Waals surface area (Å²) in [6.45, 7) is 3.99. The Morgan fingerprint density at radius 3 is 3.00 bits per heavy atom. The number of hydrogen-bond donors (Lipinski definition) is 3. The Labute approximate surface area is 106 Å². The molecule has 0 saturated heterocycles. The number of H-pyrrole nitrogens is 1. The van der Waals surface area contributed by atoms with Crippen molar-refractivity contribution in [2.75, 3.05) is 23.7 Å². The van der Waals surface area contributed by atoms with Crippen molar-refractivity contribution in [3.05, 3.63) is 6.20 Å². The van der Waals surface area contributed by atoms with Crippen molar-refractivity contribution in [2.45, 2.75) is 26.2 Å². The maximum Gasteiger partial charge on any atom is 0.226 e. The van der Waals surface area contributed by atoms with E-state index >= 15 is 0 Å². The zero-order valence-corrected chi connectivity index (χ0v) is 10.5. The van der Waals surface area contributed by atoms with E-state index in [4.69, 9.17) is 0 Å². The molecule has 1 fully saturated rings. The van der Waals surface area contributed by atoms with Crippen LogP contribution >= 0.6 is 0 Å². The number of rotatable bonds is 6. The molecule has 0 amide bonds. The fourth-order valence-electron chi connectivity index (χ4n) is 1.85. The van der Waals surface area contributed by atoms with Crippen LogP contribution in [0.4, 0.5) is 11.8 Å². The summed E-state index contributed by atoms with van der Waals surface area (Å²) in [7, 11) is 0. The highest BCUT2D eigenvalue weighted by molar-refractivity contribution is 5.86. The zero-order valence-electron chi connectivity index (χ0n) is 10.5. The summed E-state index contributed by atoms with van der Waals surface area (Å²) in [6.07, 6.45) is 5.48. The molecule has 3 N–H and O–H groups in total. The van der Waals surface area contributed by atoms with Crippen molar-refractivity contribution in [1.82, 2.24) is 20.2 Å². The molecule has 3 rings (SSSR count). The van der Waals surface area contributed by atoms with E-state index in [1.54, 1.807) is 6.20 Å². The standard InChI is InChI=1S/C12H18N6/c1-2-5-13-12-16-10(14-6-8-3-4-8)9-7-15-18-11(9)17-12/h7-8H,2-6H2,1H3,(H3,13,14,15,16,17,18). The van der Waals surface area contributed by atoms with Crippen LogP contribution in [0.25, 0.3) is 11.0 Å². The number of nitrogens with zero attached hydrogens (tertiary/aromatic N) is 3. The second-order valence-electron chi connectivity index (χ2n) is 4.78. The highest BCUT2D eigenvalue weighted by Gasteiger charge is 2.21. The molecule has 2 aromatic rings. The summed E-state index contributed by atoms with van der Waals surface area (Å²) in [5.41, 5.74) is 0.780. The second-order valence-corrected chi connectivity index (χ2v) is 4.78. The Morgan fingerprint density at radius 1 is 1.33 bits per heavy atom. The summed E-state index contributed by atoms with van der Waals surface area (Å²) in [6, 6.07) is 0. The third-order valence-electron chi connectivity index (χ3n) is 3.10. The summed E-state index contributed by atoms with van der Waals surface area (Å²) < 4.78 is 0. The van der Waals surface area contributed by atoms with Gasteiger partial charge in [0.1, 0.15) is 5.82 Å². The van der Waals surface area contributed by atoms with Gasteiger partial charge < -0.3 is 10.6 Å². The molecule has 1 saturated carbocycles. The number of aromatic nitrogens is 4. The van der Waals surface area contributed by atoms with Crippen LogP contribution in [0.3, 0.4) is 0 Å². The first kappa shape index (κ1) is 11.3. The minimum atomic E-state index is 0.659. The average Bonchev–Trinajstić information content (AvgIpc) is 3.09. The van der Waals surface area contributed by atoms with Gasteiger partial charge in [-0.05, 0) is 25.2 Å². The molecule has 0 radical (unpaired) electrons. The van der Waals surface area contributed by atoms with E-state index in [9.17, 15) is 0 Å². The fourth-order valence-corrected chi connectivity index (χ4v) is 1.85. The van der Waals surface area contributed by atoms with Crippen LogP contribution in [-0.4, -0.2) is 33.3 Å². The van der Waals surface area contributed by atoms with E-state index in [2.05, 4.69) is 37.7 Å². The predicted molar refractivity (Wildman–Crippen MR) is 71.7 cm³/mol. The van der Waals surface area contributed by atoms with Crippen LogP contribution in [0.15, 0.2) is 6.20 Å². The van der Waals surface area contributed by atoms with Gasteiger partial charge in [-0.1, -0.05) is 6.92 Å². The summed E-state index contributed by atoms with van der Waals surface area (Å²) in [5.74, 6) is 2.35. The molecule has 2 aromatic heterocycles. The van der Waals surface area contributed by atoms with Crippen molar-refractivity contribution >= 4 is 22.8 Å². The van der Waals surface area contributed by atoms with Crippen molar-refractivity contribution in [3.8, 4) is 0 Å². The maximum atomic E-state index is 4.52. The van der Waals surface area contributed by atoms with Gasteiger partial charge in [-0.25, -0.2) is 0 Å². The first-order valence-corrected chi connectivity index (χ1v) is 6.55. The van der Waals surface area contributed by atoms with Crippen molar-refractivity contribution < 1.29 is 0 Å². The van der Waals surface area contributed by atoms with Crippen LogP contribution < -0.4 is 10.6 Å². The van der Waals surface area contributed by atoms with Gasteiger partial charge in [0.15, 0.2) is 5.65 Å². The van der Waals surface area contributed by atoms with Gasteiger partial charge in [0, 0.05) is 13.1 Å². The van der Waals surface area contributed by atoms with Crippen LogP contribution in [-0.2, 0) is 0 Å². The minimum absolute atomic E-state index is 0.659. The average molecular weight is 246 g/mol. The highest BCUT2D eigenvalue weighted by Crippen LogP contribution is 2.29. The number of fused-ring (bicyclic) bond motifs is 1. The molecule has 0 bridgehead atoms. The Kier molecular flexibility index (Phi) is 3.00. The fraction of sp³-hybridized carbons (Fsp3) is 0.583. The molecule has 6 nitrogen and oxygen atoms in total. The van der Waals surface area contributed by atoms with E-state index in [-0.39, 0.29) is 0 Å². The molecular formula is C12H18N6. The van der Waals surface area contributed by atoms with Crippen LogP contribution in [0.5, 0.6) is 0 Å². The Morgan fingerprint density at radius 2 is 2.22 bits per heavy atom. The van der Waals surface area contributed by atoms with E-state index in [0.29, 0.717) is 5.95 Å². The molecule has 0 unspecified atom stereocenters. The summed E-state index contributed by atoms with van der Waals surface area (Å²) in [4.78, 5) is 8.91. The van der Waals surface area contributed by atoms with Crippen LogP contribution in [0.1, 0.15) is 26.2 Å². The first-order valence-electron chi connectivity index (χ1n) is 6.55. The molecule has 0 atom stereocenters. The molecule has 0 aromatic carbocycles. The monoisotopic (exact) mass is 246 g/mol.